The zero-order valence-electron chi connectivity index (χ0n) is 47.2. The SMILES string of the molecule is c1ccc(-c2ccc(-c3nc(-c4ccc(-c5ccccc5)cc4)nc(-c4cc(-c5ccccc5)c(-n5c6ccccc6c6c5ccc5c7ccc8c(c9ccccc9n8-c8ccccc8)c7n(-c7ccccc7)c56)c(-c5ccccc5)c4)n3)cc2)cc1. The second-order valence-corrected chi connectivity index (χ2v) is 22.3. The first-order chi connectivity index (χ1) is 43.2. The minimum atomic E-state index is 0.575. The average molecular weight is 1110 g/mol. The molecule has 17 rings (SSSR count). The lowest BCUT2D eigenvalue weighted by atomic mass is 9.92. The molecule has 6 nitrogen and oxygen atoms in total. The van der Waals surface area contributed by atoms with Crippen molar-refractivity contribution in [3.63, 3.8) is 0 Å². The van der Waals surface area contributed by atoms with Crippen molar-refractivity contribution in [2.75, 3.05) is 0 Å². The van der Waals surface area contributed by atoms with Gasteiger partial charge in [-0.3, -0.25) is 0 Å². The van der Waals surface area contributed by atoms with Crippen LogP contribution in [0.2, 0.25) is 0 Å². The molecule has 0 saturated carbocycles. The van der Waals surface area contributed by atoms with E-state index in [4.69, 9.17) is 15.0 Å². The Morgan fingerprint density at radius 2 is 0.529 bits per heavy atom. The molecule has 0 atom stereocenters. The summed E-state index contributed by atoms with van der Waals surface area (Å²) >= 11 is 0. The Bertz CT molecular complexity index is 5280. The van der Waals surface area contributed by atoms with Crippen LogP contribution in [0.1, 0.15) is 0 Å². The summed E-state index contributed by atoms with van der Waals surface area (Å²) in [5.41, 5.74) is 21.6. The number of benzene rings is 13. The molecule has 406 valence electrons. The lowest BCUT2D eigenvalue weighted by Gasteiger charge is -2.21. The van der Waals surface area contributed by atoms with Crippen molar-refractivity contribution in [2.45, 2.75) is 0 Å². The van der Waals surface area contributed by atoms with Crippen LogP contribution in [0.5, 0.6) is 0 Å². The van der Waals surface area contributed by atoms with Gasteiger partial charge in [0.05, 0.1) is 38.8 Å². The standard InChI is InChI=1S/C81H52N6/c1-7-23-53(24-8-1)55-39-43-59(44-40-55)79-82-80(60-45-41-56(42-46-60)54-25-9-2-10-26-54)84-81(83-79)61-51-68(57-27-11-3-12-28-57)76(69(52-61)58-29-13-4-14-30-58)87-71-38-22-20-36-67(71)75-73(87)50-48-65-64-47-49-72-74(77(64)86(78(65)75)63-33-17-6-18-34-63)66-35-19-21-37-70(66)85(72)62-31-15-5-16-32-62/h1-52H. The average Bonchev–Trinajstić information content (AvgIpc) is 1.56. The quantitative estimate of drug-likeness (QED) is 0.137. The molecule has 0 amide bonds. The van der Waals surface area contributed by atoms with Crippen LogP contribution in [0.3, 0.4) is 0 Å². The molecule has 0 radical (unpaired) electrons. The van der Waals surface area contributed by atoms with Gasteiger partial charge in [0.2, 0.25) is 0 Å². The van der Waals surface area contributed by atoms with E-state index in [0.717, 1.165) is 106 Å². The maximum absolute atomic E-state index is 5.45. The topological polar surface area (TPSA) is 53.5 Å². The van der Waals surface area contributed by atoms with Crippen molar-refractivity contribution in [3.8, 4) is 95.7 Å². The van der Waals surface area contributed by atoms with Gasteiger partial charge in [-0.25, -0.2) is 15.0 Å². The first-order valence-corrected chi connectivity index (χ1v) is 29.6. The third-order valence-corrected chi connectivity index (χ3v) is 17.3. The lowest BCUT2D eigenvalue weighted by Crippen LogP contribution is -2.04. The molecule has 0 aliphatic carbocycles. The van der Waals surface area contributed by atoms with Crippen LogP contribution >= 0.6 is 0 Å². The normalized spacial score (nSPS) is 11.7. The summed E-state index contributed by atoms with van der Waals surface area (Å²) in [7, 11) is 0. The molecule has 0 unspecified atom stereocenters. The van der Waals surface area contributed by atoms with E-state index in [-0.39, 0.29) is 0 Å². The minimum absolute atomic E-state index is 0.575. The highest BCUT2D eigenvalue weighted by Crippen LogP contribution is 2.49. The molecule has 6 heteroatoms. The fourth-order valence-electron chi connectivity index (χ4n) is 13.4. The molecule has 87 heavy (non-hydrogen) atoms. The smallest absolute Gasteiger partial charge is 0.164 e. The zero-order chi connectivity index (χ0) is 57.4. The fraction of sp³-hybridized carbons (Fsp3) is 0. The van der Waals surface area contributed by atoms with Crippen LogP contribution in [-0.4, -0.2) is 28.7 Å². The fourth-order valence-corrected chi connectivity index (χ4v) is 13.4. The molecule has 0 aliphatic heterocycles. The maximum atomic E-state index is 5.45. The Balaban J connectivity index is 0.948. The van der Waals surface area contributed by atoms with Gasteiger partial charge in [0.1, 0.15) is 0 Å². The molecule has 13 aromatic carbocycles. The largest absolute Gasteiger partial charge is 0.309 e. The molecular formula is C81H52N6. The Hall–Kier alpha value is -11.7. The highest BCUT2D eigenvalue weighted by Gasteiger charge is 2.28. The Morgan fingerprint density at radius 1 is 0.207 bits per heavy atom. The monoisotopic (exact) mass is 1110 g/mol. The van der Waals surface area contributed by atoms with E-state index < -0.39 is 0 Å². The van der Waals surface area contributed by atoms with Gasteiger partial charge in [0, 0.05) is 71.5 Å². The van der Waals surface area contributed by atoms with Crippen molar-refractivity contribution in [3.05, 3.63) is 315 Å². The Labute approximate surface area is 502 Å². The van der Waals surface area contributed by atoms with E-state index in [1.807, 2.05) is 12.1 Å². The minimum Gasteiger partial charge on any atom is -0.309 e. The summed E-state index contributed by atoms with van der Waals surface area (Å²) in [5.74, 6) is 1.76. The molecule has 0 bridgehead atoms. The van der Waals surface area contributed by atoms with Crippen molar-refractivity contribution in [1.29, 1.82) is 0 Å². The summed E-state index contributed by atoms with van der Waals surface area (Å²) in [6.45, 7) is 0. The van der Waals surface area contributed by atoms with E-state index in [1.54, 1.807) is 0 Å². The van der Waals surface area contributed by atoms with Crippen LogP contribution in [0, 0.1) is 0 Å². The van der Waals surface area contributed by atoms with Gasteiger partial charge in [-0.2, -0.15) is 0 Å². The third kappa shape index (κ3) is 8.29. The van der Waals surface area contributed by atoms with Crippen LogP contribution in [-0.2, 0) is 0 Å². The molecule has 0 saturated heterocycles. The van der Waals surface area contributed by atoms with Crippen molar-refractivity contribution >= 4 is 65.4 Å². The van der Waals surface area contributed by atoms with Gasteiger partial charge in [-0.05, 0) is 94.0 Å². The number of nitrogens with zero attached hydrogens (tertiary/aromatic N) is 6. The summed E-state index contributed by atoms with van der Waals surface area (Å²) in [6, 6.07) is 113. The predicted molar refractivity (Wildman–Crippen MR) is 361 cm³/mol. The third-order valence-electron chi connectivity index (χ3n) is 17.3. The zero-order valence-corrected chi connectivity index (χ0v) is 47.2. The van der Waals surface area contributed by atoms with Crippen molar-refractivity contribution in [2.24, 2.45) is 0 Å². The summed E-state index contributed by atoms with van der Waals surface area (Å²) in [6.07, 6.45) is 0. The molecule has 0 N–H and O–H groups in total. The molecule has 0 fully saturated rings. The van der Waals surface area contributed by atoms with Gasteiger partial charge < -0.3 is 13.7 Å². The lowest BCUT2D eigenvalue weighted by molar-refractivity contribution is 1.07. The van der Waals surface area contributed by atoms with Crippen LogP contribution in [0.15, 0.2) is 315 Å². The summed E-state index contributed by atoms with van der Waals surface area (Å²) in [4.78, 5) is 16.2. The molecule has 4 aromatic heterocycles. The molecule has 17 aromatic rings. The summed E-state index contributed by atoms with van der Waals surface area (Å²) in [5, 5.41) is 7.15. The number of hydrogen-bond acceptors (Lipinski definition) is 3. The van der Waals surface area contributed by atoms with Crippen LogP contribution in [0.25, 0.3) is 161 Å². The van der Waals surface area contributed by atoms with Gasteiger partial charge in [0.15, 0.2) is 17.5 Å². The highest BCUT2D eigenvalue weighted by atomic mass is 15.1. The maximum Gasteiger partial charge on any atom is 0.164 e. The van der Waals surface area contributed by atoms with Gasteiger partial charge in [-0.1, -0.05) is 255 Å². The van der Waals surface area contributed by atoms with E-state index in [9.17, 15) is 0 Å². The first-order valence-electron chi connectivity index (χ1n) is 29.6. The molecular weight excluding hydrogens is 1060 g/mol. The Kier molecular flexibility index (Phi) is 11.8. The summed E-state index contributed by atoms with van der Waals surface area (Å²) < 4.78 is 7.49. The first kappa shape index (κ1) is 49.8. The van der Waals surface area contributed by atoms with Crippen LogP contribution in [0.4, 0.5) is 0 Å². The molecule has 4 heterocycles. The van der Waals surface area contributed by atoms with Gasteiger partial charge >= 0.3 is 0 Å². The van der Waals surface area contributed by atoms with Gasteiger partial charge in [0.25, 0.3) is 0 Å². The van der Waals surface area contributed by atoms with E-state index in [2.05, 4.69) is 317 Å². The molecule has 0 aliphatic rings. The second-order valence-electron chi connectivity index (χ2n) is 22.3. The highest BCUT2D eigenvalue weighted by molar-refractivity contribution is 6.32. The Morgan fingerprint density at radius 3 is 0.966 bits per heavy atom. The van der Waals surface area contributed by atoms with E-state index >= 15 is 0 Å². The van der Waals surface area contributed by atoms with Gasteiger partial charge in [-0.15, -0.1) is 0 Å². The van der Waals surface area contributed by atoms with Crippen LogP contribution < -0.4 is 0 Å². The van der Waals surface area contributed by atoms with Crippen molar-refractivity contribution < 1.29 is 0 Å². The van der Waals surface area contributed by atoms with E-state index in [0.29, 0.717) is 17.5 Å². The number of aromatic nitrogens is 6. The number of fused-ring (bicyclic) bond motifs is 11. The molecule has 0 spiro atoms. The predicted octanol–water partition coefficient (Wildman–Crippen LogP) is 20.8. The number of rotatable bonds is 10. The second kappa shape index (κ2) is 20.6. The van der Waals surface area contributed by atoms with Crippen molar-refractivity contribution in [1.82, 2.24) is 28.7 Å². The number of para-hydroxylation sites is 4. The van der Waals surface area contributed by atoms with E-state index in [1.165, 1.54) is 38.0 Å². The number of hydrogen-bond donors (Lipinski definition) is 0.